The summed E-state index contributed by atoms with van der Waals surface area (Å²) in [5.74, 6) is -0.110. The lowest BCUT2D eigenvalue weighted by Gasteiger charge is -2.16. The minimum atomic E-state index is -0.347. The molecule has 5 nitrogen and oxygen atoms in total. The average molecular weight is 329 g/mol. The highest BCUT2D eigenvalue weighted by Gasteiger charge is 2.19. The second kappa shape index (κ2) is 7.00. The number of carbonyl (C=O) groups excluding carboxylic acids is 1. The minimum Gasteiger partial charge on any atom is -0.325 e. The summed E-state index contributed by atoms with van der Waals surface area (Å²) in [6.45, 7) is 1.81. The third kappa shape index (κ3) is 3.82. The lowest BCUT2D eigenvalue weighted by Crippen LogP contribution is -2.25. The maximum atomic E-state index is 12.2. The van der Waals surface area contributed by atoms with E-state index < -0.39 is 0 Å². The van der Waals surface area contributed by atoms with Gasteiger partial charge in [-0.05, 0) is 44.7 Å². The standard InChI is InChI=1S/C17H19N3O2S/c1-11(15(21)18-12-7-3-2-4-8-12)23-17-19-14-10-6-5-9-13(14)16(22)20-17/h2-4,7-8,11H,5-6,9-10H2,1H3,(H,18,21)(H,19,20,22)/t11-/m1/s1. The fourth-order valence-electron chi connectivity index (χ4n) is 2.62. The average Bonchev–Trinajstić information content (AvgIpc) is 2.56. The van der Waals surface area contributed by atoms with Gasteiger partial charge in [0.2, 0.25) is 5.91 Å². The van der Waals surface area contributed by atoms with Crippen molar-refractivity contribution in [3.05, 3.63) is 51.9 Å². The van der Waals surface area contributed by atoms with E-state index in [1.165, 1.54) is 11.8 Å². The Labute approximate surface area is 138 Å². The Balaban J connectivity index is 1.70. The maximum Gasteiger partial charge on any atom is 0.254 e. The zero-order valence-electron chi connectivity index (χ0n) is 13.0. The first kappa shape index (κ1) is 15.8. The number of nitrogens with zero attached hydrogens (tertiary/aromatic N) is 1. The van der Waals surface area contributed by atoms with Crippen LogP contribution in [0.5, 0.6) is 0 Å². The van der Waals surface area contributed by atoms with Gasteiger partial charge < -0.3 is 10.3 Å². The van der Waals surface area contributed by atoms with Crippen LogP contribution < -0.4 is 10.9 Å². The highest BCUT2D eigenvalue weighted by molar-refractivity contribution is 8.00. The van der Waals surface area contributed by atoms with Crippen LogP contribution in [0.1, 0.15) is 31.0 Å². The first-order valence-electron chi connectivity index (χ1n) is 7.78. The van der Waals surface area contributed by atoms with Crippen LogP contribution in [0.25, 0.3) is 0 Å². The van der Waals surface area contributed by atoms with Crippen LogP contribution in [0.15, 0.2) is 40.3 Å². The number of amides is 1. The molecule has 0 spiro atoms. The topological polar surface area (TPSA) is 74.8 Å². The number of para-hydroxylation sites is 1. The summed E-state index contributed by atoms with van der Waals surface area (Å²) in [5.41, 5.74) is 2.39. The van der Waals surface area contributed by atoms with Gasteiger partial charge in [0.15, 0.2) is 5.16 Å². The maximum absolute atomic E-state index is 12.2. The van der Waals surface area contributed by atoms with E-state index in [1.807, 2.05) is 37.3 Å². The molecule has 1 amide bonds. The summed E-state index contributed by atoms with van der Waals surface area (Å²) in [6, 6.07) is 9.32. The van der Waals surface area contributed by atoms with Crippen LogP contribution in [0.3, 0.4) is 0 Å². The number of H-pyrrole nitrogens is 1. The van der Waals surface area contributed by atoms with Gasteiger partial charge in [-0.2, -0.15) is 0 Å². The van der Waals surface area contributed by atoms with Gasteiger partial charge in [-0.1, -0.05) is 30.0 Å². The lowest BCUT2D eigenvalue weighted by molar-refractivity contribution is -0.115. The van der Waals surface area contributed by atoms with Crippen molar-refractivity contribution in [3.8, 4) is 0 Å². The number of hydrogen-bond donors (Lipinski definition) is 2. The quantitative estimate of drug-likeness (QED) is 0.668. The number of fused-ring (bicyclic) bond motifs is 1. The minimum absolute atomic E-state index is 0.0622. The molecule has 2 N–H and O–H groups in total. The third-order valence-electron chi connectivity index (χ3n) is 3.87. The molecule has 1 aliphatic carbocycles. The Bertz CT molecular complexity index is 758. The van der Waals surface area contributed by atoms with Crippen LogP contribution in [-0.4, -0.2) is 21.1 Å². The summed E-state index contributed by atoms with van der Waals surface area (Å²) in [6.07, 6.45) is 3.75. The largest absolute Gasteiger partial charge is 0.325 e. The molecule has 3 rings (SSSR count). The molecular weight excluding hydrogens is 310 g/mol. The molecule has 6 heteroatoms. The number of anilines is 1. The van der Waals surface area contributed by atoms with E-state index in [0.717, 1.165) is 42.6 Å². The Kier molecular flexibility index (Phi) is 4.81. The Morgan fingerprint density at radius 3 is 2.78 bits per heavy atom. The summed E-state index contributed by atoms with van der Waals surface area (Å²) < 4.78 is 0. The third-order valence-corrected chi connectivity index (χ3v) is 4.85. The summed E-state index contributed by atoms with van der Waals surface area (Å²) >= 11 is 1.28. The van der Waals surface area contributed by atoms with E-state index >= 15 is 0 Å². The zero-order chi connectivity index (χ0) is 16.2. The number of hydrogen-bond acceptors (Lipinski definition) is 4. The van der Waals surface area contributed by atoms with Gasteiger partial charge in [0.1, 0.15) is 0 Å². The van der Waals surface area contributed by atoms with Crippen LogP contribution in [-0.2, 0) is 17.6 Å². The van der Waals surface area contributed by atoms with Crippen LogP contribution in [0.2, 0.25) is 0 Å². The first-order valence-corrected chi connectivity index (χ1v) is 8.66. The molecule has 0 unspecified atom stereocenters. The van der Waals surface area contributed by atoms with E-state index in [2.05, 4.69) is 15.3 Å². The molecule has 0 aliphatic heterocycles. The van der Waals surface area contributed by atoms with E-state index in [1.54, 1.807) is 0 Å². The van der Waals surface area contributed by atoms with Gasteiger partial charge in [0.05, 0.1) is 10.9 Å². The first-order chi connectivity index (χ1) is 11.1. The van der Waals surface area contributed by atoms with Crippen molar-refractivity contribution in [2.45, 2.75) is 43.0 Å². The van der Waals surface area contributed by atoms with Crippen molar-refractivity contribution in [2.24, 2.45) is 0 Å². The second-order valence-corrected chi connectivity index (χ2v) is 6.95. The number of aromatic amines is 1. The van der Waals surface area contributed by atoms with Crippen LogP contribution >= 0.6 is 11.8 Å². The van der Waals surface area contributed by atoms with E-state index in [-0.39, 0.29) is 16.7 Å². The molecule has 120 valence electrons. The number of rotatable bonds is 4. The summed E-state index contributed by atoms with van der Waals surface area (Å²) in [7, 11) is 0. The molecule has 1 atom stereocenters. The molecule has 0 bridgehead atoms. The molecule has 0 saturated carbocycles. The number of benzene rings is 1. The predicted octanol–water partition coefficient (Wildman–Crippen LogP) is 2.77. The number of nitrogens with one attached hydrogen (secondary N) is 2. The number of aromatic nitrogens is 2. The second-order valence-electron chi connectivity index (χ2n) is 5.62. The fraction of sp³-hybridized carbons (Fsp3) is 0.353. The van der Waals surface area contributed by atoms with Crippen molar-refractivity contribution in [1.82, 2.24) is 9.97 Å². The molecule has 0 fully saturated rings. The van der Waals surface area contributed by atoms with E-state index in [9.17, 15) is 9.59 Å². The van der Waals surface area contributed by atoms with Gasteiger partial charge in [-0.25, -0.2) is 4.98 Å². The Morgan fingerprint density at radius 1 is 1.26 bits per heavy atom. The molecule has 0 radical (unpaired) electrons. The number of aryl methyl sites for hydroxylation is 1. The van der Waals surface area contributed by atoms with Gasteiger partial charge in [0.25, 0.3) is 5.56 Å². The van der Waals surface area contributed by atoms with Crippen molar-refractivity contribution in [2.75, 3.05) is 5.32 Å². The van der Waals surface area contributed by atoms with Gasteiger partial charge >= 0.3 is 0 Å². The van der Waals surface area contributed by atoms with Crippen molar-refractivity contribution < 1.29 is 4.79 Å². The molecule has 1 aromatic carbocycles. The molecule has 2 aromatic rings. The summed E-state index contributed by atoms with van der Waals surface area (Å²) in [5, 5.41) is 3.03. The molecule has 1 heterocycles. The monoisotopic (exact) mass is 329 g/mol. The normalized spacial score (nSPS) is 14.8. The fourth-order valence-corrected chi connectivity index (χ4v) is 3.44. The summed E-state index contributed by atoms with van der Waals surface area (Å²) in [4.78, 5) is 31.7. The highest BCUT2D eigenvalue weighted by atomic mass is 32.2. The van der Waals surface area contributed by atoms with Crippen LogP contribution in [0, 0.1) is 0 Å². The Hall–Kier alpha value is -2.08. The predicted molar refractivity (Wildman–Crippen MR) is 91.9 cm³/mol. The molecule has 0 saturated heterocycles. The lowest BCUT2D eigenvalue weighted by atomic mass is 9.97. The van der Waals surface area contributed by atoms with Crippen molar-refractivity contribution in [3.63, 3.8) is 0 Å². The SMILES string of the molecule is C[C@@H](Sc1nc2c(c(=O)[nH]1)CCCC2)C(=O)Nc1ccccc1. The highest BCUT2D eigenvalue weighted by Crippen LogP contribution is 2.23. The zero-order valence-corrected chi connectivity index (χ0v) is 13.8. The molecule has 23 heavy (non-hydrogen) atoms. The van der Waals surface area contributed by atoms with Crippen molar-refractivity contribution in [1.29, 1.82) is 0 Å². The number of thioether (sulfide) groups is 1. The van der Waals surface area contributed by atoms with E-state index in [4.69, 9.17) is 0 Å². The van der Waals surface area contributed by atoms with Crippen molar-refractivity contribution >= 4 is 23.4 Å². The molecule has 1 aliphatic rings. The van der Waals surface area contributed by atoms with Gasteiger partial charge in [-0.3, -0.25) is 9.59 Å². The number of carbonyl (C=O) groups is 1. The van der Waals surface area contributed by atoms with Gasteiger partial charge in [-0.15, -0.1) is 0 Å². The molecule has 1 aromatic heterocycles. The van der Waals surface area contributed by atoms with Gasteiger partial charge in [0, 0.05) is 11.3 Å². The smallest absolute Gasteiger partial charge is 0.254 e. The molecular formula is C17H19N3O2S. The Morgan fingerprint density at radius 2 is 2.00 bits per heavy atom. The van der Waals surface area contributed by atoms with Crippen LogP contribution in [0.4, 0.5) is 5.69 Å². The van der Waals surface area contributed by atoms with E-state index in [0.29, 0.717) is 5.16 Å².